The lowest BCUT2D eigenvalue weighted by atomic mass is 10.2. The number of hydrogen-bond acceptors (Lipinski definition) is 7. The van der Waals surface area contributed by atoms with E-state index in [2.05, 4.69) is 10.1 Å². The maximum atomic E-state index is 13.5. The Morgan fingerprint density at radius 1 is 0.941 bits per heavy atom. The molecule has 1 aromatic heterocycles. The average Bonchev–Trinajstić information content (AvgIpc) is 3.27. The molecule has 174 valence electrons. The van der Waals surface area contributed by atoms with Crippen LogP contribution in [0.5, 0.6) is 17.2 Å². The van der Waals surface area contributed by atoms with Crippen LogP contribution in [0, 0.1) is 0 Å². The van der Waals surface area contributed by atoms with Gasteiger partial charge in [-0.3, -0.25) is 4.79 Å². The first kappa shape index (κ1) is 23.3. The van der Waals surface area contributed by atoms with Crippen LogP contribution in [0.15, 0.2) is 71.8 Å². The van der Waals surface area contributed by atoms with E-state index in [0.717, 1.165) is 27.3 Å². The van der Waals surface area contributed by atoms with Gasteiger partial charge in [0.25, 0.3) is 5.91 Å². The van der Waals surface area contributed by atoms with Crippen molar-refractivity contribution in [3.63, 3.8) is 0 Å². The summed E-state index contributed by atoms with van der Waals surface area (Å²) in [5, 5.41) is 6.29. The van der Waals surface area contributed by atoms with Gasteiger partial charge in [-0.15, -0.1) is 0 Å². The summed E-state index contributed by atoms with van der Waals surface area (Å²) in [7, 11) is 3.23. The highest BCUT2D eigenvalue weighted by molar-refractivity contribution is 7.22. The van der Waals surface area contributed by atoms with Gasteiger partial charge in [0, 0.05) is 5.56 Å². The second-order valence-electron chi connectivity index (χ2n) is 7.66. The van der Waals surface area contributed by atoms with E-state index in [-0.39, 0.29) is 12.0 Å². The van der Waals surface area contributed by atoms with Crippen molar-refractivity contribution in [2.45, 2.75) is 20.0 Å². The van der Waals surface area contributed by atoms with Crippen LogP contribution in [0.3, 0.4) is 0 Å². The van der Waals surface area contributed by atoms with Gasteiger partial charge in [0.05, 0.1) is 36.8 Å². The zero-order valence-electron chi connectivity index (χ0n) is 19.4. The minimum absolute atomic E-state index is 0.0480. The normalized spacial score (nSPS) is 11.2. The second-order valence-corrected chi connectivity index (χ2v) is 8.66. The van der Waals surface area contributed by atoms with E-state index in [9.17, 15) is 4.79 Å². The van der Waals surface area contributed by atoms with Crippen LogP contribution in [0.25, 0.3) is 10.2 Å². The Balaban J connectivity index is 1.69. The number of carbonyl (C=O) groups is 1. The molecule has 0 atom stereocenters. The summed E-state index contributed by atoms with van der Waals surface area (Å²) in [5.74, 6) is 1.87. The molecule has 0 bridgehead atoms. The predicted octanol–water partition coefficient (Wildman–Crippen LogP) is 5.78. The topological polar surface area (TPSA) is 73.2 Å². The molecule has 0 saturated heterocycles. The first-order chi connectivity index (χ1) is 16.5. The molecule has 0 aliphatic heterocycles. The van der Waals surface area contributed by atoms with E-state index >= 15 is 0 Å². The molecular formula is C26H25N3O4S. The monoisotopic (exact) mass is 475 g/mol. The number of fused-ring (bicyclic) bond motifs is 1. The summed E-state index contributed by atoms with van der Waals surface area (Å²) in [5.41, 5.74) is 2.06. The van der Waals surface area contributed by atoms with Crippen LogP contribution in [0.1, 0.15) is 29.8 Å². The number of benzene rings is 3. The van der Waals surface area contributed by atoms with E-state index in [1.165, 1.54) is 16.3 Å². The summed E-state index contributed by atoms with van der Waals surface area (Å²) in [6.45, 7) is 3.91. The second kappa shape index (κ2) is 10.4. The summed E-state index contributed by atoms with van der Waals surface area (Å²) >= 11 is 1.37. The molecule has 1 heterocycles. The number of rotatable bonds is 8. The van der Waals surface area contributed by atoms with Crippen molar-refractivity contribution in [3.8, 4) is 17.2 Å². The summed E-state index contributed by atoms with van der Waals surface area (Å²) in [4.78, 5) is 18.1. The Labute approximate surface area is 202 Å². The quantitative estimate of drug-likeness (QED) is 0.239. The van der Waals surface area contributed by atoms with Crippen molar-refractivity contribution in [2.75, 3.05) is 19.2 Å². The highest BCUT2D eigenvalue weighted by atomic mass is 32.1. The van der Waals surface area contributed by atoms with Crippen LogP contribution in [0.4, 0.5) is 5.13 Å². The van der Waals surface area contributed by atoms with Gasteiger partial charge in [-0.25, -0.2) is 4.98 Å². The predicted molar refractivity (Wildman–Crippen MR) is 136 cm³/mol. The fourth-order valence-corrected chi connectivity index (χ4v) is 4.13. The van der Waals surface area contributed by atoms with Crippen LogP contribution in [0.2, 0.25) is 0 Å². The molecule has 34 heavy (non-hydrogen) atoms. The summed E-state index contributed by atoms with van der Waals surface area (Å²) in [6, 6.07) is 20.0. The maximum absolute atomic E-state index is 13.5. The molecule has 1 amide bonds. The molecule has 0 saturated carbocycles. The minimum atomic E-state index is -0.299. The SMILES string of the molecule is COc1ccc(/C=N/N(C(=O)c2ccc(OC(C)C)cc2)c2nc3ccc(OC)cc3s2)cc1. The molecule has 0 fully saturated rings. The Morgan fingerprint density at radius 3 is 2.24 bits per heavy atom. The number of amides is 1. The Hall–Kier alpha value is -3.91. The number of anilines is 1. The van der Waals surface area contributed by atoms with Crippen LogP contribution in [-0.4, -0.2) is 37.4 Å². The molecule has 8 heteroatoms. The van der Waals surface area contributed by atoms with Crippen LogP contribution >= 0.6 is 11.3 Å². The lowest BCUT2D eigenvalue weighted by Crippen LogP contribution is -2.25. The van der Waals surface area contributed by atoms with Gasteiger partial charge in [-0.1, -0.05) is 11.3 Å². The first-order valence-corrected chi connectivity index (χ1v) is 11.5. The molecule has 0 unspecified atom stereocenters. The zero-order valence-corrected chi connectivity index (χ0v) is 20.2. The van der Waals surface area contributed by atoms with Gasteiger partial charge in [-0.2, -0.15) is 10.1 Å². The van der Waals surface area contributed by atoms with Crippen molar-refractivity contribution in [1.82, 2.24) is 4.98 Å². The third-order valence-corrected chi connectivity index (χ3v) is 5.86. The molecule has 0 N–H and O–H groups in total. The average molecular weight is 476 g/mol. The molecule has 0 aliphatic rings. The number of ether oxygens (including phenoxy) is 3. The van der Waals surface area contributed by atoms with E-state index < -0.39 is 0 Å². The lowest BCUT2D eigenvalue weighted by molar-refractivity contribution is 0.0988. The van der Waals surface area contributed by atoms with Gasteiger partial charge in [-0.05, 0) is 86.1 Å². The van der Waals surface area contributed by atoms with Gasteiger partial charge in [0.15, 0.2) is 0 Å². The zero-order chi connectivity index (χ0) is 24.1. The smallest absolute Gasteiger partial charge is 0.280 e. The number of thiazole rings is 1. The largest absolute Gasteiger partial charge is 0.497 e. The van der Waals surface area contributed by atoms with E-state index in [1.54, 1.807) is 44.7 Å². The lowest BCUT2D eigenvalue weighted by Gasteiger charge is -2.15. The number of hydrogen-bond donors (Lipinski definition) is 0. The van der Waals surface area contributed by atoms with Crippen molar-refractivity contribution >= 4 is 38.8 Å². The maximum Gasteiger partial charge on any atom is 0.280 e. The molecule has 0 aliphatic carbocycles. The van der Waals surface area contributed by atoms with Crippen LogP contribution in [-0.2, 0) is 0 Å². The number of aromatic nitrogens is 1. The molecule has 0 spiro atoms. The third-order valence-electron chi connectivity index (χ3n) is 4.87. The molecular weight excluding hydrogens is 450 g/mol. The molecule has 3 aromatic carbocycles. The number of hydrazone groups is 1. The fraction of sp³-hybridized carbons (Fsp3) is 0.192. The fourth-order valence-electron chi connectivity index (χ4n) is 3.18. The summed E-state index contributed by atoms with van der Waals surface area (Å²) < 4.78 is 17.1. The molecule has 4 rings (SSSR count). The number of methoxy groups -OCH3 is 2. The molecule has 0 radical (unpaired) electrons. The first-order valence-electron chi connectivity index (χ1n) is 10.7. The van der Waals surface area contributed by atoms with Crippen molar-refractivity contribution < 1.29 is 19.0 Å². The van der Waals surface area contributed by atoms with Gasteiger partial charge in [0.2, 0.25) is 5.13 Å². The Bertz CT molecular complexity index is 1300. The summed E-state index contributed by atoms with van der Waals surface area (Å²) in [6.07, 6.45) is 1.67. The molecule has 7 nitrogen and oxygen atoms in total. The number of nitrogens with zero attached hydrogens (tertiary/aromatic N) is 3. The Morgan fingerprint density at radius 2 is 1.59 bits per heavy atom. The van der Waals surface area contributed by atoms with E-state index in [0.29, 0.717) is 16.4 Å². The van der Waals surface area contributed by atoms with Gasteiger partial charge >= 0.3 is 0 Å². The van der Waals surface area contributed by atoms with Crippen molar-refractivity contribution in [3.05, 3.63) is 77.9 Å². The highest BCUT2D eigenvalue weighted by Gasteiger charge is 2.21. The van der Waals surface area contributed by atoms with E-state index in [4.69, 9.17) is 14.2 Å². The van der Waals surface area contributed by atoms with Crippen molar-refractivity contribution in [2.24, 2.45) is 5.10 Å². The standard InChI is InChI=1S/C26H25N3O4S/c1-17(2)33-21-11-7-19(8-12-21)25(30)29(27-16-18-5-9-20(31-3)10-6-18)26-28-23-14-13-22(32-4)15-24(23)34-26/h5-17H,1-4H3/b27-16+. The van der Waals surface area contributed by atoms with Crippen LogP contribution < -0.4 is 19.2 Å². The van der Waals surface area contributed by atoms with Gasteiger partial charge < -0.3 is 14.2 Å². The minimum Gasteiger partial charge on any atom is -0.497 e. The molecule has 4 aromatic rings. The van der Waals surface area contributed by atoms with Gasteiger partial charge in [0.1, 0.15) is 17.2 Å². The Kier molecular flexibility index (Phi) is 7.08. The number of carbonyl (C=O) groups excluding carboxylic acids is 1. The third kappa shape index (κ3) is 5.35. The van der Waals surface area contributed by atoms with Crippen molar-refractivity contribution in [1.29, 1.82) is 0 Å². The highest BCUT2D eigenvalue weighted by Crippen LogP contribution is 2.32. The van der Waals surface area contributed by atoms with E-state index in [1.807, 2.05) is 56.3 Å².